The van der Waals surface area contributed by atoms with Crippen LogP contribution in [0.4, 0.5) is 5.69 Å². The molecule has 1 atom stereocenters. The highest BCUT2D eigenvalue weighted by Crippen LogP contribution is 2.34. The molecule has 1 saturated carbocycles. The Balaban J connectivity index is 1.12. The van der Waals surface area contributed by atoms with Gasteiger partial charge in [0.15, 0.2) is 5.78 Å². The van der Waals surface area contributed by atoms with E-state index in [1.165, 1.54) is 29.7 Å². The maximum Gasteiger partial charge on any atom is 0.166 e. The van der Waals surface area contributed by atoms with Gasteiger partial charge in [-0.3, -0.25) is 9.48 Å². The maximum absolute atomic E-state index is 12.5. The Kier molecular flexibility index (Phi) is 5.73. The molecule has 1 saturated heterocycles. The van der Waals surface area contributed by atoms with Crippen molar-refractivity contribution in [3.8, 4) is 5.75 Å². The molecule has 0 bridgehead atoms. The molecule has 2 aliphatic rings. The number of benzene rings is 2. The Labute approximate surface area is 190 Å². The lowest BCUT2D eigenvalue weighted by Gasteiger charge is -2.41. The van der Waals surface area contributed by atoms with Gasteiger partial charge in [0.25, 0.3) is 0 Å². The average molecular weight is 430 g/mol. The third kappa shape index (κ3) is 4.72. The zero-order chi connectivity index (χ0) is 22.1. The van der Waals surface area contributed by atoms with Crippen LogP contribution in [0.3, 0.4) is 0 Å². The third-order valence-electron chi connectivity index (χ3n) is 6.76. The predicted octanol–water partition coefficient (Wildman–Crippen LogP) is 5.19. The molecule has 1 aliphatic heterocycles. The van der Waals surface area contributed by atoms with E-state index in [4.69, 9.17) is 4.74 Å². The molecule has 0 spiro atoms. The van der Waals surface area contributed by atoms with Crippen LogP contribution in [0.15, 0.2) is 60.9 Å². The zero-order valence-corrected chi connectivity index (χ0v) is 18.9. The number of anilines is 1. The first-order valence-corrected chi connectivity index (χ1v) is 11.6. The summed E-state index contributed by atoms with van der Waals surface area (Å²) < 4.78 is 7.52. The molecule has 5 heteroatoms. The normalized spacial score (nSPS) is 17.1. The van der Waals surface area contributed by atoms with E-state index in [2.05, 4.69) is 65.5 Å². The van der Waals surface area contributed by atoms with E-state index in [-0.39, 0.29) is 11.7 Å². The molecule has 0 amide bonds. The SMILES string of the molecule is C[C@H](CC(=O)c1cnn(C)c1)c1ccc(C2CN(c3ccc(OCC4CC4)cc3)C2)cc1. The van der Waals surface area contributed by atoms with Crippen molar-refractivity contribution in [3.63, 3.8) is 0 Å². The topological polar surface area (TPSA) is 47.4 Å². The van der Waals surface area contributed by atoms with Crippen molar-refractivity contribution < 1.29 is 9.53 Å². The highest BCUT2D eigenvalue weighted by atomic mass is 16.5. The molecule has 1 aromatic heterocycles. The molecule has 3 aromatic rings. The summed E-state index contributed by atoms with van der Waals surface area (Å²) in [6.07, 6.45) is 6.57. The van der Waals surface area contributed by atoms with Crippen LogP contribution in [0.5, 0.6) is 5.75 Å². The minimum absolute atomic E-state index is 0.147. The molecule has 0 radical (unpaired) electrons. The van der Waals surface area contributed by atoms with Gasteiger partial charge in [0.1, 0.15) is 5.75 Å². The fourth-order valence-corrected chi connectivity index (χ4v) is 4.33. The van der Waals surface area contributed by atoms with Crippen molar-refractivity contribution in [2.45, 2.75) is 38.0 Å². The minimum atomic E-state index is 0.147. The number of aromatic nitrogens is 2. The molecule has 2 aromatic carbocycles. The van der Waals surface area contributed by atoms with E-state index in [0.29, 0.717) is 17.9 Å². The first-order valence-electron chi connectivity index (χ1n) is 11.6. The number of carbonyl (C=O) groups excluding carboxylic acids is 1. The second-order valence-electron chi connectivity index (χ2n) is 9.45. The summed E-state index contributed by atoms with van der Waals surface area (Å²) in [6, 6.07) is 17.4. The molecule has 166 valence electrons. The van der Waals surface area contributed by atoms with Crippen molar-refractivity contribution >= 4 is 11.5 Å². The quantitative estimate of drug-likeness (QED) is 0.439. The Morgan fingerprint density at radius 1 is 1.09 bits per heavy atom. The fourth-order valence-electron chi connectivity index (χ4n) is 4.33. The number of carbonyl (C=O) groups is 1. The second kappa shape index (κ2) is 8.81. The molecule has 5 rings (SSSR count). The van der Waals surface area contributed by atoms with E-state index in [9.17, 15) is 4.79 Å². The number of hydrogen-bond acceptors (Lipinski definition) is 4. The van der Waals surface area contributed by atoms with E-state index in [1.54, 1.807) is 17.1 Å². The summed E-state index contributed by atoms with van der Waals surface area (Å²) in [6.45, 7) is 5.05. The number of ether oxygens (including phenoxy) is 1. The van der Waals surface area contributed by atoms with E-state index in [0.717, 1.165) is 31.4 Å². The van der Waals surface area contributed by atoms with Crippen LogP contribution >= 0.6 is 0 Å². The van der Waals surface area contributed by atoms with E-state index in [1.807, 2.05) is 7.05 Å². The van der Waals surface area contributed by atoms with Crippen LogP contribution in [0.25, 0.3) is 0 Å². The Hall–Kier alpha value is -3.08. The van der Waals surface area contributed by atoms with Gasteiger partial charge in [-0.15, -0.1) is 0 Å². The fraction of sp³-hybridized carbons (Fsp3) is 0.407. The Morgan fingerprint density at radius 2 is 1.81 bits per heavy atom. The number of Topliss-reactive ketones (excluding diaryl/α,β-unsaturated/α-hetero) is 1. The van der Waals surface area contributed by atoms with Gasteiger partial charge >= 0.3 is 0 Å². The van der Waals surface area contributed by atoms with Crippen molar-refractivity contribution in [2.75, 3.05) is 24.6 Å². The van der Waals surface area contributed by atoms with Crippen LogP contribution < -0.4 is 9.64 Å². The summed E-state index contributed by atoms with van der Waals surface area (Å²) in [4.78, 5) is 14.9. The summed E-state index contributed by atoms with van der Waals surface area (Å²) in [5, 5.41) is 4.10. The van der Waals surface area contributed by atoms with Crippen LogP contribution in [0.1, 0.15) is 59.5 Å². The van der Waals surface area contributed by atoms with Crippen molar-refractivity contribution in [1.82, 2.24) is 9.78 Å². The van der Waals surface area contributed by atoms with Crippen LogP contribution in [0.2, 0.25) is 0 Å². The third-order valence-corrected chi connectivity index (χ3v) is 6.76. The Morgan fingerprint density at radius 3 is 2.44 bits per heavy atom. The highest BCUT2D eigenvalue weighted by Gasteiger charge is 2.28. The average Bonchev–Trinajstić information content (AvgIpc) is 3.50. The number of ketones is 1. The van der Waals surface area contributed by atoms with Gasteiger partial charge in [-0.05, 0) is 60.1 Å². The zero-order valence-electron chi connectivity index (χ0n) is 18.9. The molecular formula is C27H31N3O2. The molecular weight excluding hydrogens is 398 g/mol. The van der Waals surface area contributed by atoms with Gasteiger partial charge in [0.05, 0.1) is 18.4 Å². The van der Waals surface area contributed by atoms with Crippen molar-refractivity contribution in [3.05, 3.63) is 77.6 Å². The lowest BCUT2D eigenvalue weighted by atomic mass is 9.88. The minimum Gasteiger partial charge on any atom is -0.493 e. The smallest absolute Gasteiger partial charge is 0.166 e. The van der Waals surface area contributed by atoms with Gasteiger partial charge in [-0.2, -0.15) is 5.10 Å². The van der Waals surface area contributed by atoms with Crippen LogP contribution in [0, 0.1) is 5.92 Å². The summed E-state index contributed by atoms with van der Waals surface area (Å²) in [5.41, 5.74) is 4.54. The van der Waals surface area contributed by atoms with E-state index >= 15 is 0 Å². The monoisotopic (exact) mass is 429 g/mol. The maximum atomic E-state index is 12.5. The molecule has 5 nitrogen and oxygen atoms in total. The van der Waals surface area contributed by atoms with Crippen LogP contribution in [-0.2, 0) is 7.05 Å². The molecule has 32 heavy (non-hydrogen) atoms. The van der Waals surface area contributed by atoms with Crippen molar-refractivity contribution in [1.29, 1.82) is 0 Å². The van der Waals surface area contributed by atoms with Gasteiger partial charge in [0, 0.05) is 44.4 Å². The lowest BCUT2D eigenvalue weighted by molar-refractivity contribution is 0.0975. The first kappa shape index (κ1) is 20.8. The number of nitrogens with zero attached hydrogens (tertiary/aromatic N) is 3. The molecule has 1 aliphatic carbocycles. The predicted molar refractivity (Wildman–Crippen MR) is 127 cm³/mol. The van der Waals surface area contributed by atoms with Crippen LogP contribution in [-0.4, -0.2) is 35.3 Å². The number of hydrogen-bond donors (Lipinski definition) is 0. The highest BCUT2D eigenvalue weighted by molar-refractivity contribution is 5.96. The molecule has 2 heterocycles. The summed E-state index contributed by atoms with van der Waals surface area (Å²) >= 11 is 0. The lowest BCUT2D eigenvalue weighted by Crippen LogP contribution is -2.45. The van der Waals surface area contributed by atoms with Gasteiger partial charge < -0.3 is 9.64 Å². The van der Waals surface area contributed by atoms with Crippen molar-refractivity contribution in [2.24, 2.45) is 13.0 Å². The number of aryl methyl sites for hydroxylation is 1. The Bertz CT molecular complexity index is 1060. The first-order chi connectivity index (χ1) is 15.5. The van der Waals surface area contributed by atoms with Gasteiger partial charge in [-0.1, -0.05) is 31.2 Å². The summed E-state index contributed by atoms with van der Waals surface area (Å²) in [5.74, 6) is 2.65. The molecule has 0 N–H and O–H groups in total. The standard InChI is InChI=1S/C27H31N3O2/c1-19(13-27(31)23-14-28-29(2)15-23)21-5-7-22(8-6-21)24-16-30(17-24)25-9-11-26(12-10-25)32-18-20-3-4-20/h5-12,14-15,19-20,24H,3-4,13,16-18H2,1-2H3/t19-/m1/s1. The van der Waals surface area contributed by atoms with E-state index < -0.39 is 0 Å². The van der Waals surface area contributed by atoms with Gasteiger partial charge in [-0.25, -0.2) is 0 Å². The number of rotatable bonds is 9. The molecule has 2 fully saturated rings. The van der Waals surface area contributed by atoms with Gasteiger partial charge in [0.2, 0.25) is 0 Å². The largest absolute Gasteiger partial charge is 0.493 e. The molecule has 0 unspecified atom stereocenters. The summed E-state index contributed by atoms with van der Waals surface area (Å²) in [7, 11) is 1.83. The second-order valence-corrected chi connectivity index (χ2v) is 9.45.